The number of carbonyl (C=O) groups is 1. The quantitative estimate of drug-likeness (QED) is 0.629. The number of thiol groups is 1. The van der Waals surface area contributed by atoms with Crippen molar-refractivity contribution < 1.29 is 4.79 Å². The van der Waals surface area contributed by atoms with Crippen LogP contribution in [0.1, 0.15) is 32.6 Å². The molecule has 0 aromatic rings. The summed E-state index contributed by atoms with van der Waals surface area (Å²) in [6.45, 7) is 2.87. The van der Waals surface area contributed by atoms with Gasteiger partial charge < -0.3 is 5.32 Å². The van der Waals surface area contributed by atoms with Gasteiger partial charge >= 0.3 is 0 Å². The highest BCUT2D eigenvalue weighted by Gasteiger charge is 2.42. The second kappa shape index (κ2) is 4.17. The zero-order valence-corrected chi connectivity index (χ0v) is 8.49. The Balaban J connectivity index is 2.17. The Morgan fingerprint density at radius 1 is 1.58 bits per heavy atom. The highest BCUT2D eigenvalue weighted by Crippen LogP contribution is 2.49. The monoisotopic (exact) mass is 187 g/mol. The van der Waals surface area contributed by atoms with Crippen LogP contribution < -0.4 is 5.32 Å². The maximum atomic E-state index is 11.3. The zero-order chi connectivity index (χ0) is 9.03. The highest BCUT2D eigenvalue weighted by molar-refractivity contribution is 7.80. The molecule has 0 bridgehead atoms. The smallest absolute Gasteiger partial charge is 0.220 e. The van der Waals surface area contributed by atoms with Crippen LogP contribution in [0.15, 0.2) is 0 Å². The molecule has 1 aliphatic carbocycles. The van der Waals surface area contributed by atoms with Gasteiger partial charge in [0.2, 0.25) is 5.91 Å². The highest BCUT2D eigenvalue weighted by atomic mass is 32.1. The van der Waals surface area contributed by atoms with Crippen LogP contribution in [0.3, 0.4) is 0 Å². The largest absolute Gasteiger partial charge is 0.356 e. The van der Waals surface area contributed by atoms with Gasteiger partial charge in [-0.1, -0.05) is 6.92 Å². The van der Waals surface area contributed by atoms with Gasteiger partial charge in [0, 0.05) is 13.0 Å². The van der Waals surface area contributed by atoms with Crippen LogP contribution in [0.4, 0.5) is 0 Å². The van der Waals surface area contributed by atoms with Crippen molar-refractivity contribution >= 4 is 18.5 Å². The van der Waals surface area contributed by atoms with Crippen molar-refractivity contribution in [2.45, 2.75) is 32.6 Å². The van der Waals surface area contributed by atoms with Gasteiger partial charge in [-0.2, -0.15) is 12.6 Å². The third kappa shape index (κ3) is 2.70. The molecule has 3 heteroatoms. The molecule has 1 saturated carbocycles. The van der Waals surface area contributed by atoms with E-state index >= 15 is 0 Å². The summed E-state index contributed by atoms with van der Waals surface area (Å²) in [5.41, 5.74) is 0.265. The first kappa shape index (κ1) is 9.90. The molecule has 1 amide bonds. The Morgan fingerprint density at radius 2 is 2.25 bits per heavy atom. The van der Waals surface area contributed by atoms with Crippen molar-refractivity contribution in [1.82, 2.24) is 5.32 Å². The van der Waals surface area contributed by atoms with E-state index in [-0.39, 0.29) is 11.3 Å². The number of nitrogens with one attached hydrogen (secondary N) is 1. The maximum Gasteiger partial charge on any atom is 0.220 e. The topological polar surface area (TPSA) is 29.1 Å². The fraction of sp³-hybridized carbons (Fsp3) is 0.889. The van der Waals surface area contributed by atoms with E-state index in [1.165, 1.54) is 12.8 Å². The molecule has 0 saturated heterocycles. The number of hydrogen-bond donors (Lipinski definition) is 2. The van der Waals surface area contributed by atoms with Crippen molar-refractivity contribution in [3.05, 3.63) is 0 Å². The second-order valence-electron chi connectivity index (χ2n) is 3.68. The van der Waals surface area contributed by atoms with Crippen LogP contribution in [0.5, 0.6) is 0 Å². The van der Waals surface area contributed by atoms with Crippen LogP contribution in [0.25, 0.3) is 0 Å². The summed E-state index contributed by atoms with van der Waals surface area (Å²) < 4.78 is 0. The summed E-state index contributed by atoms with van der Waals surface area (Å²) in [4.78, 5) is 11.3. The lowest BCUT2D eigenvalue weighted by atomic mass is 10.1. The van der Waals surface area contributed by atoms with Crippen molar-refractivity contribution in [2.75, 3.05) is 12.3 Å². The molecule has 70 valence electrons. The minimum atomic E-state index is 0.198. The minimum absolute atomic E-state index is 0.198. The molecule has 0 aromatic heterocycles. The van der Waals surface area contributed by atoms with E-state index < -0.39 is 0 Å². The second-order valence-corrected chi connectivity index (χ2v) is 4.00. The molecule has 0 unspecified atom stereocenters. The van der Waals surface area contributed by atoms with Crippen LogP contribution in [-0.4, -0.2) is 18.2 Å². The molecule has 2 nitrogen and oxygen atoms in total. The molecule has 0 spiro atoms. The minimum Gasteiger partial charge on any atom is -0.356 e. The molecule has 12 heavy (non-hydrogen) atoms. The summed E-state index contributed by atoms with van der Waals surface area (Å²) >= 11 is 4.25. The lowest BCUT2D eigenvalue weighted by molar-refractivity contribution is -0.122. The van der Waals surface area contributed by atoms with E-state index in [0.29, 0.717) is 6.42 Å². The summed E-state index contributed by atoms with van der Waals surface area (Å²) in [6, 6.07) is 0. The Bertz CT molecular complexity index is 166. The van der Waals surface area contributed by atoms with Crippen molar-refractivity contribution in [2.24, 2.45) is 5.41 Å². The van der Waals surface area contributed by atoms with E-state index in [1.54, 1.807) is 0 Å². The van der Waals surface area contributed by atoms with Gasteiger partial charge in [-0.15, -0.1) is 0 Å². The zero-order valence-electron chi connectivity index (χ0n) is 7.60. The molecule has 0 atom stereocenters. The van der Waals surface area contributed by atoms with Crippen LogP contribution in [-0.2, 0) is 4.79 Å². The van der Waals surface area contributed by atoms with E-state index in [9.17, 15) is 4.79 Å². The van der Waals surface area contributed by atoms with Gasteiger partial charge in [0.05, 0.1) is 0 Å². The number of carbonyl (C=O) groups excluding carboxylic acids is 1. The first-order valence-electron chi connectivity index (χ1n) is 4.60. The standard InChI is InChI=1S/C9H17NOS/c1-2-5-10-8(11)6-9(7-12)3-4-9/h12H,2-7H2,1H3,(H,10,11). The predicted octanol–water partition coefficient (Wildman–Crippen LogP) is 1.61. The van der Waals surface area contributed by atoms with E-state index in [2.05, 4.69) is 24.9 Å². The lowest BCUT2D eigenvalue weighted by Crippen LogP contribution is -2.27. The number of amides is 1. The van der Waals surface area contributed by atoms with Gasteiger partial charge in [0.15, 0.2) is 0 Å². The van der Waals surface area contributed by atoms with Crippen molar-refractivity contribution in [1.29, 1.82) is 0 Å². The number of hydrogen-bond acceptors (Lipinski definition) is 2. The summed E-state index contributed by atoms with van der Waals surface area (Å²) in [5, 5.41) is 2.89. The van der Waals surface area contributed by atoms with E-state index in [1.807, 2.05) is 0 Å². The lowest BCUT2D eigenvalue weighted by Gasteiger charge is -2.10. The molecule has 0 aliphatic heterocycles. The Labute approximate surface area is 79.5 Å². The fourth-order valence-corrected chi connectivity index (χ4v) is 1.66. The summed E-state index contributed by atoms with van der Waals surface area (Å²) in [6.07, 6.45) is 4.04. The Morgan fingerprint density at radius 3 is 2.67 bits per heavy atom. The summed E-state index contributed by atoms with van der Waals surface area (Å²) in [5.74, 6) is 1.05. The Hall–Kier alpha value is -0.180. The molecular formula is C9H17NOS. The van der Waals surface area contributed by atoms with Crippen LogP contribution in [0.2, 0.25) is 0 Å². The molecule has 0 heterocycles. The molecule has 1 aliphatic rings. The molecular weight excluding hydrogens is 170 g/mol. The molecule has 1 rings (SSSR count). The number of rotatable bonds is 5. The molecule has 1 fully saturated rings. The van der Waals surface area contributed by atoms with E-state index in [0.717, 1.165) is 18.7 Å². The predicted molar refractivity (Wildman–Crippen MR) is 53.4 cm³/mol. The van der Waals surface area contributed by atoms with E-state index in [4.69, 9.17) is 0 Å². The average molecular weight is 187 g/mol. The van der Waals surface area contributed by atoms with Crippen molar-refractivity contribution in [3.8, 4) is 0 Å². The first-order valence-corrected chi connectivity index (χ1v) is 5.23. The van der Waals surface area contributed by atoms with Gasteiger partial charge in [-0.05, 0) is 30.4 Å². The van der Waals surface area contributed by atoms with Gasteiger partial charge in [-0.3, -0.25) is 4.79 Å². The molecule has 1 N–H and O–H groups in total. The van der Waals surface area contributed by atoms with Crippen molar-refractivity contribution in [3.63, 3.8) is 0 Å². The van der Waals surface area contributed by atoms with Gasteiger partial charge in [0.1, 0.15) is 0 Å². The first-order chi connectivity index (χ1) is 5.72. The molecule has 0 aromatic carbocycles. The summed E-state index contributed by atoms with van der Waals surface area (Å²) in [7, 11) is 0. The third-order valence-corrected chi connectivity index (χ3v) is 3.07. The maximum absolute atomic E-state index is 11.3. The SMILES string of the molecule is CCCNC(=O)CC1(CS)CC1. The normalized spacial score (nSPS) is 18.8. The third-order valence-electron chi connectivity index (χ3n) is 2.40. The Kier molecular flexibility index (Phi) is 3.44. The fourth-order valence-electron chi connectivity index (χ4n) is 1.24. The molecule has 0 radical (unpaired) electrons. The van der Waals surface area contributed by atoms with Gasteiger partial charge in [-0.25, -0.2) is 0 Å². The van der Waals surface area contributed by atoms with Gasteiger partial charge in [0.25, 0.3) is 0 Å². The van der Waals surface area contributed by atoms with Crippen LogP contribution >= 0.6 is 12.6 Å². The van der Waals surface area contributed by atoms with Crippen LogP contribution in [0, 0.1) is 5.41 Å². The average Bonchev–Trinajstić information content (AvgIpc) is 2.82.